The highest BCUT2D eigenvalue weighted by molar-refractivity contribution is 5.44. The van der Waals surface area contributed by atoms with Crippen molar-refractivity contribution in [1.29, 1.82) is 0 Å². The lowest BCUT2D eigenvalue weighted by atomic mass is 9.73. The maximum absolute atomic E-state index is 10.1. The zero-order valence-electron chi connectivity index (χ0n) is 9.40. The largest absolute Gasteiger partial charge is 0.497 e. The fraction of sp³-hybridized carbons (Fsp3) is 0.538. The van der Waals surface area contributed by atoms with Gasteiger partial charge in [0.15, 0.2) is 0 Å². The Kier molecular flexibility index (Phi) is 2.11. The molecule has 3 heteroatoms. The number of ether oxygens (including phenoxy) is 2. The van der Waals surface area contributed by atoms with Crippen LogP contribution in [0.15, 0.2) is 18.2 Å². The zero-order chi connectivity index (χ0) is 11.2. The molecule has 0 saturated heterocycles. The minimum absolute atomic E-state index is 0.0984. The lowest BCUT2D eigenvalue weighted by Crippen LogP contribution is -2.46. The monoisotopic (exact) mass is 220 g/mol. The number of fused-ring (bicyclic) bond motifs is 1. The third-order valence-corrected chi connectivity index (χ3v) is 3.74. The molecule has 1 aromatic carbocycles. The second kappa shape index (κ2) is 3.39. The minimum Gasteiger partial charge on any atom is -0.497 e. The lowest BCUT2D eigenvalue weighted by Gasteiger charge is -2.46. The highest BCUT2D eigenvalue weighted by Gasteiger charge is 2.45. The van der Waals surface area contributed by atoms with E-state index in [2.05, 4.69) is 0 Å². The molecule has 1 aromatic rings. The van der Waals surface area contributed by atoms with Gasteiger partial charge in [-0.15, -0.1) is 0 Å². The van der Waals surface area contributed by atoms with Crippen LogP contribution in [0.5, 0.6) is 11.5 Å². The Bertz CT molecular complexity index is 410. The predicted molar refractivity (Wildman–Crippen MR) is 59.8 cm³/mol. The first-order valence-corrected chi connectivity index (χ1v) is 5.77. The number of methoxy groups -OCH3 is 1. The van der Waals surface area contributed by atoms with E-state index in [1.165, 1.54) is 6.42 Å². The van der Waals surface area contributed by atoms with Gasteiger partial charge < -0.3 is 14.6 Å². The summed E-state index contributed by atoms with van der Waals surface area (Å²) >= 11 is 0. The van der Waals surface area contributed by atoms with Crippen LogP contribution in [0.2, 0.25) is 0 Å². The van der Waals surface area contributed by atoms with E-state index in [0.29, 0.717) is 0 Å². The molecule has 2 aliphatic rings. The molecular formula is C13H16O3. The molecule has 1 saturated carbocycles. The van der Waals surface area contributed by atoms with Crippen LogP contribution in [0.1, 0.15) is 37.4 Å². The molecule has 3 nitrogen and oxygen atoms in total. The number of rotatable bonds is 1. The summed E-state index contributed by atoms with van der Waals surface area (Å²) in [5.74, 6) is 1.57. The number of benzene rings is 1. The first-order chi connectivity index (χ1) is 7.72. The van der Waals surface area contributed by atoms with E-state index >= 15 is 0 Å². The summed E-state index contributed by atoms with van der Waals surface area (Å²) in [7, 11) is 1.64. The van der Waals surface area contributed by atoms with E-state index in [9.17, 15) is 5.11 Å². The summed E-state index contributed by atoms with van der Waals surface area (Å²) < 4.78 is 11.2. The Labute approximate surface area is 95.0 Å². The normalized spacial score (nSPS) is 25.5. The molecule has 0 amide bonds. The quantitative estimate of drug-likeness (QED) is 0.790. The van der Waals surface area contributed by atoms with Crippen LogP contribution in [0.4, 0.5) is 0 Å². The van der Waals surface area contributed by atoms with Gasteiger partial charge in [0.05, 0.1) is 13.2 Å². The van der Waals surface area contributed by atoms with Crippen LogP contribution in [-0.4, -0.2) is 17.8 Å². The topological polar surface area (TPSA) is 38.7 Å². The van der Waals surface area contributed by atoms with Crippen molar-refractivity contribution in [1.82, 2.24) is 0 Å². The maximum Gasteiger partial charge on any atom is 0.129 e. The third kappa shape index (κ3) is 1.39. The molecule has 86 valence electrons. The summed E-state index contributed by atoms with van der Waals surface area (Å²) in [4.78, 5) is 0. The van der Waals surface area contributed by atoms with Gasteiger partial charge in [-0.05, 0) is 31.4 Å². The highest BCUT2D eigenvalue weighted by atomic mass is 16.5. The van der Waals surface area contributed by atoms with Crippen LogP contribution in [-0.2, 0) is 0 Å². The Balaban J connectivity index is 1.98. The minimum atomic E-state index is -0.394. The van der Waals surface area contributed by atoms with E-state index in [1.54, 1.807) is 7.11 Å². The van der Waals surface area contributed by atoms with Crippen molar-refractivity contribution in [3.8, 4) is 11.5 Å². The number of hydrogen-bond donors (Lipinski definition) is 1. The second-order valence-electron chi connectivity index (χ2n) is 4.76. The van der Waals surface area contributed by atoms with Crippen LogP contribution in [0.25, 0.3) is 0 Å². The van der Waals surface area contributed by atoms with Gasteiger partial charge in [0.1, 0.15) is 17.1 Å². The number of hydrogen-bond acceptors (Lipinski definition) is 3. The molecular weight excluding hydrogens is 204 g/mol. The van der Waals surface area contributed by atoms with Gasteiger partial charge in [-0.3, -0.25) is 0 Å². The Morgan fingerprint density at radius 3 is 2.88 bits per heavy atom. The predicted octanol–water partition coefficient (Wildman–Crippen LogP) is 2.43. The van der Waals surface area contributed by atoms with Gasteiger partial charge in [-0.25, -0.2) is 0 Å². The summed E-state index contributed by atoms with van der Waals surface area (Å²) in [5, 5.41) is 10.1. The third-order valence-electron chi connectivity index (χ3n) is 3.74. The molecule has 1 aliphatic carbocycles. The zero-order valence-corrected chi connectivity index (χ0v) is 9.40. The van der Waals surface area contributed by atoms with Crippen molar-refractivity contribution >= 4 is 0 Å². The van der Waals surface area contributed by atoms with E-state index in [4.69, 9.17) is 9.47 Å². The first-order valence-electron chi connectivity index (χ1n) is 5.77. The van der Waals surface area contributed by atoms with Crippen molar-refractivity contribution in [2.24, 2.45) is 0 Å². The summed E-state index contributed by atoms with van der Waals surface area (Å²) in [6.07, 6.45) is 3.65. The highest BCUT2D eigenvalue weighted by Crippen LogP contribution is 2.49. The Morgan fingerprint density at radius 1 is 1.44 bits per heavy atom. The van der Waals surface area contributed by atoms with Crippen LogP contribution in [0, 0.1) is 0 Å². The van der Waals surface area contributed by atoms with Crippen LogP contribution >= 0.6 is 0 Å². The van der Waals surface area contributed by atoms with Crippen molar-refractivity contribution < 1.29 is 14.6 Å². The molecule has 1 spiro atoms. The molecule has 1 heterocycles. The van der Waals surface area contributed by atoms with Gasteiger partial charge in [0.25, 0.3) is 0 Å². The summed E-state index contributed by atoms with van der Waals surface area (Å²) in [6, 6.07) is 5.63. The van der Waals surface area contributed by atoms with Gasteiger partial charge >= 0.3 is 0 Å². The van der Waals surface area contributed by atoms with Crippen molar-refractivity contribution in [2.45, 2.75) is 37.4 Å². The van der Waals surface area contributed by atoms with Crippen molar-refractivity contribution in [3.05, 3.63) is 23.8 Å². The standard InChI is InChI=1S/C13H16O3/c1-15-9-3-4-10-11(14)8-13(5-2-6-13)16-12(10)7-9/h3-4,7,11,14H,2,5-6,8H2,1H3/t11-/m0/s1. The molecule has 1 N–H and O–H groups in total. The molecule has 0 unspecified atom stereocenters. The molecule has 0 aromatic heterocycles. The number of aliphatic hydroxyl groups excluding tert-OH is 1. The molecule has 0 radical (unpaired) electrons. The average Bonchev–Trinajstić information content (AvgIpc) is 2.26. The Hall–Kier alpha value is -1.22. The van der Waals surface area contributed by atoms with E-state index in [-0.39, 0.29) is 5.60 Å². The molecule has 16 heavy (non-hydrogen) atoms. The molecule has 1 atom stereocenters. The average molecular weight is 220 g/mol. The molecule has 1 fully saturated rings. The Morgan fingerprint density at radius 2 is 2.25 bits per heavy atom. The van der Waals surface area contributed by atoms with Gasteiger partial charge in [-0.2, -0.15) is 0 Å². The fourth-order valence-electron chi connectivity index (χ4n) is 2.62. The van der Waals surface area contributed by atoms with E-state index in [0.717, 1.165) is 36.3 Å². The van der Waals surface area contributed by atoms with Gasteiger partial charge in [-0.1, -0.05) is 0 Å². The molecule has 3 rings (SSSR count). The van der Waals surface area contributed by atoms with Crippen molar-refractivity contribution in [2.75, 3.05) is 7.11 Å². The molecule has 0 bridgehead atoms. The maximum atomic E-state index is 10.1. The van der Waals surface area contributed by atoms with Gasteiger partial charge in [0, 0.05) is 18.1 Å². The van der Waals surface area contributed by atoms with Crippen LogP contribution in [0.3, 0.4) is 0 Å². The SMILES string of the molecule is COc1ccc2c(c1)OC1(CCC1)C[C@@H]2O. The van der Waals surface area contributed by atoms with E-state index < -0.39 is 6.10 Å². The smallest absolute Gasteiger partial charge is 0.129 e. The van der Waals surface area contributed by atoms with E-state index in [1.807, 2.05) is 18.2 Å². The first kappa shape index (κ1) is 9.97. The summed E-state index contributed by atoms with van der Waals surface area (Å²) in [5.41, 5.74) is 0.789. The lowest BCUT2D eigenvalue weighted by molar-refractivity contribution is -0.0664. The van der Waals surface area contributed by atoms with Gasteiger partial charge in [0.2, 0.25) is 0 Å². The summed E-state index contributed by atoms with van der Waals surface area (Å²) in [6.45, 7) is 0. The number of aliphatic hydroxyl groups is 1. The molecule has 1 aliphatic heterocycles. The fourth-order valence-corrected chi connectivity index (χ4v) is 2.62. The van der Waals surface area contributed by atoms with Crippen LogP contribution < -0.4 is 9.47 Å². The van der Waals surface area contributed by atoms with Crippen molar-refractivity contribution in [3.63, 3.8) is 0 Å². The second-order valence-corrected chi connectivity index (χ2v) is 4.76.